The number of thioether (sulfide) groups is 1. The van der Waals surface area contributed by atoms with Crippen molar-refractivity contribution in [2.75, 3.05) is 5.75 Å². The first-order valence-electron chi connectivity index (χ1n) is 16.9. The fourth-order valence-corrected chi connectivity index (χ4v) is 7.55. The van der Waals surface area contributed by atoms with Crippen molar-refractivity contribution in [2.24, 2.45) is 0 Å². The quantitative estimate of drug-likeness (QED) is 0.122. The van der Waals surface area contributed by atoms with Gasteiger partial charge in [-0.05, 0) is 115 Å². The molecule has 5 aromatic rings. The number of halogens is 2. The highest BCUT2D eigenvalue weighted by Gasteiger charge is 2.14. The van der Waals surface area contributed by atoms with Gasteiger partial charge < -0.3 is 0 Å². The molecule has 0 atom stereocenters. The third-order valence-corrected chi connectivity index (χ3v) is 10.9. The van der Waals surface area contributed by atoms with Gasteiger partial charge in [0.05, 0.1) is 0 Å². The van der Waals surface area contributed by atoms with E-state index in [2.05, 4.69) is 137 Å². The minimum Gasteiger partial charge on any atom is -0.245 e. The van der Waals surface area contributed by atoms with E-state index in [1.165, 1.54) is 54.3 Å². The van der Waals surface area contributed by atoms with E-state index in [1.807, 2.05) is 36.9 Å². The van der Waals surface area contributed by atoms with Crippen LogP contribution in [0.3, 0.4) is 0 Å². The Morgan fingerprint density at radius 1 is 0.735 bits per heavy atom. The van der Waals surface area contributed by atoms with Crippen molar-refractivity contribution in [1.82, 2.24) is 4.98 Å². The summed E-state index contributed by atoms with van der Waals surface area (Å²) in [7, 11) is 0. The predicted octanol–water partition coefficient (Wildman–Crippen LogP) is 14.5. The van der Waals surface area contributed by atoms with E-state index < -0.39 is 0 Å². The number of hydrogen-bond donors (Lipinski definition) is 0. The lowest BCUT2D eigenvalue weighted by Crippen LogP contribution is -1.82. The molecule has 3 heterocycles. The molecule has 0 N–H and O–H groups in total. The number of nitrogens with zero attached hydrogens (tertiary/aromatic N) is 1. The van der Waals surface area contributed by atoms with Gasteiger partial charge in [-0.15, -0.1) is 23.1 Å². The van der Waals surface area contributed by atoms with Gasteiger partial charge in [0.1, 0.15) is 5.15 Å². The zero-order valence-corrected chi connectivity index (χ0v) is 32.9. The molecular formula is C44H49Cl2NS2. The Morgan fingerprint density at radius 2 is 1.29 bits per heavy atom. The van der Waals surface area contributed by atoms with E-state index in [1.54, 1.807) is 17.5 Å². The van der Waals surface area contributed by atoms with Crippen molar-refractivity contribution in [1.29, 1.82) is 0 Å². The van der Waals surface area contributed by atoms with Crippen LogP contribution in [0.4, 0.5) is 0 Å². The number of pyridine rings is 1. The zero-order chi connectivity index (χ0) is 35.6. The van der Waals surface area contributed by atoms with Gasteiger partial charge in [-0.1, -0.05) is 141 Å². The summed E-state index contributed by atoms with van der Waals surface area (Å²) < 4.78 is 0. The largest absolute Gasteiger partial charge is 0.245 e. The lowest BCUT2D eigenvalue weighted by atomic mass is 10.0. The van der Waals surface area contributed by atoms with Gasteiger partial charge >= 0.3 is 0 Å². The molecule has 1 nitrogen and oxygen atoms in total. The third-order valence-electron chi connectivity index (χ3n) is 7.94. The van der Waals surface area contributed by atoms with Crippen LogP contribution in [0.1, 0.15) is 72.4 Å². The summed E-state index contributed by atoms with van der Waals surface area (Å²) in [6.07, 6.45) is 10.0. The van der Waals surface area contributed by atoms with Crippen LogP contribution in [0.5, 0.6) is 0 Å². The maximum Gasteiger partial charge on any atom is 0.129 e. The topological polar surface area (TPSA) is 12.9 Å². The molecule has 1 aliphatic heterocycles. The molecule has 0 aliphatic carbocycles. The predicted molar refractivity (Wildman–Crippen MR) is 223 cm³/mol. The smallest absolute Gasteiger partial charge is 0.129 e. The van der Waals surface area contributed by atoms with Crippen LogP contribution in [-0.2, 0) is 19.3 Å². The number of aryl methyl sites for hydroxylation is 5. The third kappa shape index (κ3) is 13.5. The summed E-state index contributed by atoms with van der Waals surface area (Å²) >= 11 is 15.6. The standard InChI is InChI=1S/C13H12ClN.C12H13ClS.C10H12S.C9H12/c1-2-10-3-5-11(6-4-10)12-7-8-15-13(14)9-12;1-2-9-3-5-10(6-4-9)12-11(13)7-8-14-12;1-4-9(5-2)10-6-8(3)7-11-10;1-3-9-6-4-8(2)5-7-9/h3-9H,2H2,1H3;3-6H,2,7-8H2,1H3;4-7H,1H2,2-3H3;4-7H,3H2,1-2H3/b;;9-5+;. The normalized spacial score (nSPS) is 12.2. The maximum atomic E-state index is 6.15. The summed E-state index contributed by atoms with van der Waals surface area (Å²) in [5.74, 6) is 1.13. The van der Waals surface area contributed by atoms with Crippen molar-refractivity contribution < 1.29 is 0 Å². The number of thiophene rings is 1. The van der Waals surface area contributed by atoms with E-state index in [9.17, 15) is 0 Å². The Morgan fingerprint density at radius 3 is 1.71 bits per heavy atom. The summed E-state index contributed by atoms with van der Waals surface area (Å²) in [4.78, 5) is 6.54. The Labute approximate surface area is 313 Å². The molecule has 0 amide bonds. The van der Waals surface area contributed by atoms with Crippen LogP contribution < -0.4 is 0 Å². The van der Waals surface area contributed by atoms with Crippen LogP contribution in [0.2, 0.25) is 5.15 Å². The summed E-state index contributed by atoms with van der Waals surface area (Å²) in [6, 6.07) is 31.9. The average molecular weight is 727 g/mol. The molecule has 0 fully saturated rings. The minimum absolute atomic E-state index is 0.534. The SMILES string of the molecule is C=C/C(=C\C)c1cc(C)cs1.CCc1ccc(-c2ccnc(Cl)c2)cc1.CCc1ccc(C)cc1.CCc1ccc(C2=C(Cl)CCS2)cc1. The number of aromatic nitrogens is 1. The summed E-state index contributed by atoms with van der Waals surface area (Å²) in [5.41, 5.74) is 11.6. The molecule has 0 bridgehead atoms. The Kier molecular flexibility index (Phi) is 17.7. The monoisotopic (exact) mass is 725 g/mol. The number of benzene rings is 3. The van der Waals surface area contributed by atoms with Crippen molar-refractivity contribution >= 4 is 56.8 Å². The van der Waals surface area contributed by atoms with Crippen molar-refractivity contribution in [3.05, 3.63) is 170 Å². The molecule has 0 saturated carbocycles. The lowest BCUT2D eigenvalue weighted by Gasteiger charge is -2.03. The zero-order valence-electron chi connectivity index (χ0n) is 29.7. The van der Waals surface area contributed by atoms with Gasteiger partial charge in [0, 0.05) is 26.8 Å². The summed E-state index contributed by atoms with van der Waals surface area (Å²) in [6.45, 7) is 16.5. The molecule has 49 heavy (non-hydrogen) atoms. The molecule has 1 aliphatic rings. The molecule has 0 radical (unpaired) electrons. The Bertz CT molecular complexity index is 1780. The van der Waals surface area contributed by atoms with Crippen molar-refractivity contribution in [3.63, 3.8) is 0 Å². The van der Waals surface area contributed by atoms with E-state index in [0.717, 1.165) is 42.0 Å². The maximum absolute atomic E-state index is 6.15. The van der Waals surface area contributed by atoms with Crippen LogP contribution in [0, 0.1) is 13.8 Å². The average Bonchev–Trinajstić information content (AvgIpc) is 3.77. The highest BCUT2D eigenvalue weighted by atomic mass is 35.5. The molecular weight excluding hydrogens is 678 g/mol. The van der Waals surface area contributed by atoms with Gasteiger partial charge in [-0.3, -0.25) is 0 Å². The van der Waals surface area contributed by atoms with Crippen molar-refractivity contribution in [2.45, 2.75) is 67.2 Å². The van der Waals surface area contributed by atoms with Gasteiger partial charge in [0.25, 0.3) is 0 Å². The molecule has 3 aromatic carbocycles. The second kappa shape index (κ2) is 21.7. The first kappa shape index (κ1) is 40.1. The number of hydrogen-bond acceptors (Lipinski definition) is 3. The van der Waals surface area contributed by atoms with E-state index in [0.29, 0.717) is 5.15 Å². The molecule has 0 saturated heterocycles. The molecule has 0 spiro atoms. The fraction of sp³-hybridized carbons (Fsp3) is 0.250. The molecule has 256 valence electrons. The number of allylic oxidation sites excluding steroid dienone is 4. The minimum atomic E-state index is 0.534. The fourth-order valence-electron chi connectivity index (χ4n) is 4.85. The summed E-state index contributed by atoms with van der Waals surface area (Å²) in [5, 5.41) is 3.72. The van der Waals surface area contributed by atoms with Crippen molar-refractivity contribution in [3.8, 4) is 11.1 Å². The second-order valence-electron chi connectivity index (χ2n) is 11.6. The van der Waals surface area contributed by atoms with E-state index in [4.69, 9.17) is 23.2 Å². The first-order valence-corrected chi connectivity index (χ1v) is 19.5. The highest BCUT2D eigenvalue weighted by Crippen LogP contribution is 2.40. The van der Waals surface area contributed by atoms with Crippen LogP contribution in [-0.4, -0.2) is 10.7 Å². The van der Waals surface area contributed by atoms with E-state index in [-0.39, 0.29) is 0 Å². The molecule has 2 aromatic heterocycles. The van der Waals surface area contributed by atoms with Gasteiger partial charge in [0.2, 0.25) is 0 Å². The van der Waals surface area contributed by atoms with Crippen LogP contribution >= 0.6 is 46.3 Å². The first-order chi connectivity index (χ1) is 23.7. The molecule has 6 rings (SSSR count). The van der Waals surface area contributed by atoms with E-state index >= 15 is 0 Å². The van der Waals surface area contributed by atoms with Gasteiger partial charge in [-0.25, -0.2) is 4.98 Å². The van der Waals surface area contributed by atoms with Gasteiger partial charge in [-0.2, -0.15) is 0 Å². The highest BCUT2D eigenvalue weighted by molar-refractivity contribution is 8.08. The van der Waals surface area contributed by atoms with Gasteiger partial charge in [0.15, 0.2) is 0 Å². The Hall–Kier alpha value is -3.34. The van der Waals surface area contributed by atoms with Crippen LogP contribution in [0.15, 0.2) is 126 Å². The molecule has 0 unspecified atom stereocenters. The second-order valence-corrected chi connectivity index (χ2v) is 14.4. The number of rotatable bonds is 7. The van der Waals surface area contributed by atoms with Crippen LogP contribution in [0.25, 0.3) is 21.6 Å². The molecule has 5 heteroatoms. The lowest BCUT2D eigenvalue weighted by molar-refractivity contribution is 1.14. The Balaban J connectivity index is 0.000000180.